The van der Waals surface area contributed by atoms with Crippen LogP contribution < -0.4 is 5.32 Å². The summed E-state index contributed by atoms with van der Waals surface area (Å²) >= 11 is 0. The Morgan fingerprint density at radius 2 is 1.71 bits per heavy atom. The summed E-state index contributed by atoms with van der Waals surface area (Å²) in [6, 6.07) is 17.1. The zero-order valence-corrected chi connectivity index (χ0v) is 20.8. The SMILES string of the molecule is Cc1nn(Cc2ccccc2)c(C)c1CNC(=O)C1CCN(C2=NS(=O)(=O)c3ccccc32)CC1. The van der Waals surface area contributed by atoms with Crippen molar-refractivity contribution in [3.8, 4) is 0 Å². The molecule has 1 N–H and O–H groups in total. The number of sulfonamides is 1. The molecule has 3 heterocycles. The van der Waals surface area contributed by atoms with E-state index in [9.17, 15) is 13.2 Å². The van der Waals surface area contributed by atoms with Gasteiger partial charge in [-0.15, -0.1) is 4.40 Å². The van der Waals surface area contributed by atoms with Gasteiger partial charge in [-0.1, -0.05) is 42.5 Å². The second-order valence-electron chi connectivity index (χ2n) is 9.16. The Morgan fingerprint density at radius 3 is 2.46 bits per heavy atom. The highest BCUT2D eigenvalue weighted by Crippen LogP contribution is 2.29. The number of fused-ring (bicyclic) bond motifs is 1. The summed E-state index contributed by atoms with van der Waals surface area (Å²) in [5.74, 6) is 0.414. The predicted molar refractivity (Wildman–Crippen MR) is 134 cm³/mol. The first-order valence-corrected chi connectivity index (χ1v) is 13.3. The third kappa shape index (κ3) is 4.60. The molecule has 0 aliphatic carbocycles. The van der Waals surface area contributed by atoms with Crippen molar-refractivity contribution in [1.29, 1.82) is 0 Å². The van der Waals surface area contributed by atoms with Crippen molar-refractivity contribution in [2.24, 2.45) is 10.3 Å². The van der Waals surface area contributed by atoms with Crippen molar-refractivity contribution in [3.05, 3.63) is 82.7 Å². The molecule has 2 aliphatic rings. The molecule has 2 aliphatic heterocycles. The van der Waals surface area contributed by atoms with E-state index in [1.807, 2.05) is 47.7 Å². The van der Waals surface area contributed by atoms with Gasteiger partial charge in [0.15, 0.2) is 5.84 Å². The molecule has 182 valence electrons. The number of carbonyl (C=O) groups excluding carboxylic acids is 1. The van der Waals surface area contributed by atoms with E-state index in [0.29, 0.717) is 50.4 Å². The molecule has 5 rings (SSSR count). The van der Waals surface area contributed by atoms with E-state index in [4.69, 9.17) is 0 Å². The Balaban J connectivity index is 1.19. The lowest BCUT2D eigenvalue weighted by molar-refractivity contribution is -0.126. The van der Waals surface area contributed by atoms with Crippen LogP contribution in [0.3, 0.4) is 0 Å². The molecule has 1 fully saturated rings. The third-order valence-corrected chi connectivity index (χ3v) is 8.25. The molecule has 35 heavy (non-hydrogen) atoms. The van der Waals surface area contributed by atoms with Crippen molar-refractivity contribution in [2.75, 3.05) is 13.1 Å². The highest BCUT2D eigenvalue weighted by atomic mass is 32.2. The second-order valence-corrected chi connectivity index (χ2v) is 10.7. The zero-order chi connectivity index (χ0) is 24.6. The number of benzene rings is 2. The van der Waals surface area contributed by atoms with E-state index in [2.05, 4.69) is 26.9 Å². The van der Waals surface area contributed by atoms with Gasteiger partial charge in [0.2, 0.25) is 5.91 Å². The van der Waals surface area contributed by atoms with Crippen molar-refractivity contribution in [2.45, 2.75) is 44.7 Å². The first-order valence-electron chi connectivity index (χ1n) is 11.9. The van der Waals surface area contributed by atoms with Gasteiger partial charge in [-0.05, 0) is 44.4 Å². The van der Waals surface area contributed by atoms with Crippen LogP contribution in [0.5, 0.6) is 0 Å². The molecular weight excluding hydrogens is 462 g/mol. The molecule has 0 bridgehead atoms. The van der Waals surface area contributed by atoms with Crippen LogP contribution in [0.2, 0.25) is 0 Å². The molecule has 0 spiro atoms. The van der Waals surface area contributed by atoms with Gasteiger partial charge >= 0.3 is 0 Å². The number of aromatic nitrogens is 2. The first kappa shape index (κ1) is 23.3. The number of hydrogen-bond acceptors (Lipinski definition) is 5. The average Bonchev–Trinajstić information content (AvgIpc) is 3.30. The predicted octanol–water partition coefficient (Wildman–Crippen LogP) is 3.03. The molecular formula is C26H29N5O3S. The number of rotatable bonds is 5. The van der Waals surface area contributed by atoms with Gasteiger partial charge in [-0.25, -0.2) is 0 Å². The third-order valence-electron chi connectivity index (χ3n) is 6.92. The Kier molecular flexibility index (Phi) is 6.19. The Hall–Kier alpha value is -3.46. The van der Waals surface area contributed by atoms with Crippen LogP contribution in [0.25, 0.3) is 0 Å². The van der Waals surface area contributed by atoms with Gasteiger partial charge in [0.25, 0.3) is 10.0 Å². The average molecular weight is 492 g/mol. The molecule has 0 unspecified atom stereocenters. The molecule has 0 atom stereocenters. The van der Waals surface area contributed by atoms with Crippen LogP contribution in [0, 0.1) is 19.8 Å². The van der Waals surface area contributed by atoms with Crippen molar-refractivity contribution < 1.29 is 13.2 Å². The van der Waals surface area contributed by atoms with E-state index in [1.54, 1.807) is 18.2 Å². The fourth-order valence-corrected chi connectivity index (χ4v) is 6.12. The molecule has 2 aromatic carbocycles. The number of nitrogens with zero attached hydrogens (tertiary/aromatic N) is 4. The first-order chi connectivity index (χ1) is 16.8. The number of aryl methyl sites for hydroxylation is 1. The summed E-state index contributed by atoms with van der Waals surface area (Å²) in [6.07, 6.45) is 1.30. The fraction of sp³-hybridized carbons (Fsp3) is 0.346. The largest absolute Gasteiger partial charge is 0.355 e. The van der Waals surface area contributed by atoms with Gasteiger partial charge in [0.1, 0.15) is 4.90 Å². The highest BCUT2D eigenvalue weighted by molar-refractivity contribution is 7.90. The quantitative estimate of drug-likeness (QED) is 0.592. The van der Waals surface area contributed by atoms with Crippen LogP contribution >= 0.6 is 0 Å². The summed E-state index contributed by atoms with van der Waals surface area (Å²) in [6.45, 7) is 6.34. The van der Waals surface area contributed by atoms with Gasteiger partial charge < -0.3 is 10.2 Å². The van der Waals surface area contributed by atoms with E-state index in [0.717, 1.165) is 17.0 Å². The Morgan fingerprint density at radius 1 is 1.03 bits per heavy atom. The van der Waals surface area contributed by atoms with Crippen LogP contribution in [0.4, 0.5) is 0 Å². The molecule has 1 saturated heterocycles. The Labute approximate surface area is 205 Å². The fourth-order valence-electron chi connectivity index (χ4n) is 4.89. The van der Waals surface area contributed by atoms with E-state index >= 15 is 0 Å². The molecule has 1 aromatic heterocycles. The summed E-state index contributed by atoms with van der Waals surface area (Å²) < 4.78 is 30.7. The summed E-state index contributed by atoms with van der Waals surface area (Å²) in [7, 11) is -3.64. The Bertz CT molecular complexity index is 1390. The topological polar surface area (TPSA) is 96.7 Å². The minimum Gasteiger partial charge on any atom is -0.355 e. The molecule has 1 amide bonds. The van der Waals surface area contributed by atoms with E-state index < -0.39 is 10.0 Å². The summed E-state index contributed by atoms with van der Waals surface area (Å²) in [5.41, 5.74) is 4.86. The highest BCUT2D eigenvalue weighted by Gasteiger charge is 2.34. The molecule has 9 heteroatoms. The molecule has 8 nitrogen and oxygen atoms in total. The number of likely N-dealkylation sites (tertiary alicyclic amines) is 1. The van der Waals surface area contributed by atoms with E-state index in [1.165, 1.54) is 5.56 Å². The minimum absolute atomic E-state index is 0.0284. The summed E-state index contributed by atoms with van der Waals surface area (Å²) in [5, 5.41) is 7.78. The molecule has 0 radical (unpaired) electrons. The second kappa shape index (κ2) is 9.30. The lowest BCUT2D eigenvalue weighted by atomic mass is 9.95. The van der Waals surface area contributed by atoms with Crippen LogP contribution in [0.15, 0.2) is 63.9 Å². The van der Waals surface area contributed by atoms with Crippen molar-refractivity contribution in [3.63, 3.8) is 0 Å². The van der Waals surface area contributed by atoms with Crippen LogP contribution in [0.1, 0.15) is 40.9 Å². The van der Waals surface area contributed by atoms with Crippen LogP contribution in [-0.4, -0.2) is 47.9 Å². The maximum atomic E-state index is 12.9. The molecule has 3 aromatic rings. The maximum absolute atomic E-state index is 12.9. The monoisotopic (exact) mass is 491 g/mol. The van der Waals surface area contributed by atoms with Gasteiger partial charge in [-0.3, -0.25) is 9.48 Å². The lowest BCUT2D eigenvalue weighted by Crippen LogP contribution is -2.43. The smallest absolute Gasteiger partial charge is 0.285 e. The number of amidine groups is 1. The standard InChI is InChI=1S/C26H29N5O3S/c1-18-23(19(2)31(28-18)17-20-8-4-3-5-9-20)16-27-26(32)21-12-14-30(15-13-21)25-22-10-6-7-11-24(22)35(33,34)29-25/h3-11,21H,12-17H2,1-2H3,(H,27,32). The minimum atomic E-state index is -3.64. The number of amides is 1. The number of piperidine rings is 1. The normalized spacial score (nSPS) is 17.2. The van der Waals surface area contributed by atoms with Gasteiger partial charge in [0.05, 0.1) is 12.2 Å². The molecule has 0 saturated carbocycles. The van der Waals surface area contributed by atoms with Crippen molar-refractivity contribution >= 4 is 21.8 Å². The van der Waals surface area contributed by atoms with Gasteiger partial charge in [0, 0.05) is 42.4 Å². The summed E-state index contributed by atoms with van der Waals surface area (Å²) in [4.78, 5) is 15.2. The number of nitrogens with one attached hydrogen (secondary N) is 1. The lowest BCUT2D eigenvalue weighted by Gasteiger charge is -2.32. The number of hydrogen-bond donors (Lipinski definition) is 1. The van der Waals surface area contributed by atoms with Gasteiger partial charge in [-0.2, -0.15) is 13.5 Å². The zero-order valence-electron chi connectivity index (χ0n) is 19.9. The number of carbonyl (C=O) groups is 1. The van der Waals surface area contributed by atoms with Crippen LogP contribution in [-0.2, 0) is 27.9 Å². The van der Waals surface area contributed by atoms with Crippen molar-refractivity contribution in [1.82, 2.24) is 20.0 Å². The maximum Gasteiger partial charge on any atom is 0.285 e. The van der Waals surface area contributed by atoms with E-state index in [-0.39, 0.29) is 16.7 Å².